The number of nitrogens with one attached hydrogen (secondary N) is 1. The Balaban J connectivity index is 1.31. The summed E-state index contributed by atoms with van der Waals surface area (Å²) in [5.41, 5.74) is 2.44. The van der Waals surface area contributed by atoms with E-state index < -0.39 is 0 Å². The standard InChI is InChI=1S/C22H24ClN5O2/c1-16(28-15-24-19-8-4-5-9-20(19)28)22(30)27-12-10-26(11-13-27)14-21(29)25-18-7-3-2-6-17(18)23/h2-9,15-16H,10-14H2,1H3,(H,25,29). The third-order valence-corrected chi connectivity index (χ3v) is 5.78. The molecule has 0 saturated carbocycles. The molecule has 2 aromatic carbocycles. The molecule has 30 heavy (non-hydrogen) atoms. The molecule has 7 nitrogen and oxygen atoms in total. The number of halogens is 1. The van der Waals surface area contributed by atoms with Crippen molar-refractivity contribution in [3.8, 4) is 0 Å². The van der Waals surface area contributed by atoms with Gasteiger partial charge in [-0.25, -0.2) is 4.98 Å². The highest BCUT2D eigenvalue weighted by Crippen LogP contribution is 2.21. The third-order valence-electron chi connectivity index (χ3n) is 5.45. The van der Waals surface area contributed by atoms with Crippen LogP contribution in [-0.4, -0.2) is 63.9 Å². The molecule has 1 N–H and O–H groups in total. The van der Waals surface area contributed by atoms with Crippen molar-refractivity contribution in [2.24, 2.45) is 0 Å². The van der Waals surface area contributed by atoms with Crippen molar-refractivity contribution in [1.29, 1.82) is 0 Å². The van der Waals surface area contributed by atoms with Crippen molar-refractivity contribution in [1.82, 2.24) is 19.4 Å². The highest BCUT2D eigenvalue weighted by Gasteiger charge is 2.27. The van der Waals surface area contributed by atoms with Crippen LogP contribution in [0.4, 0.5) is 5.69 Å². The normalized spacial score (nSPS) is 15.9. The number of benzene rings is 2. The van der Waals surface area contributed by atoms with Crippen LogP contribution in [-0.2, 0) is 9.59 Å². The minimum absolute atomic E-state index is 0.0679. The van der Waals surface area contributed by atoms with Gasteiger partial charge >= 0.3 is 0 Å². The van der Waals surface area contributed by atoms with Gasteiger partial charge in [-0.2, -0.15) is 0 Å². The SMILES string of the molecule is CC(C(=O)N1CCN(CC(=O)Nc2ccccc2Cl)CC1)n1cnc2ccccc21. The topological polar surface area (TPSA) is 70.5 Å². The molecule has 156 valence electrons. The Bertz CT molecular complexity index is 1060. The van der Waals surface area contributed by atoms with E-state index in [2.05, 4.69) is 10.3 Å². The molecule has 0 bridgehead atoms. The first-order valence-corrected chi connectivity index (χ1v) is 10.4. The Hall–Kier alpha value is -2.90. The number of imidazole rings is 1. The first kappa shape index (κ1) is 20.4. The van der Waals surface area contributed by atoms with E-state index in [1.54, 1.807) is 18.5 Å². The molecule has 4 rings (SSSR count). The maximum absolute atomic E-state index is 13.0. The quantitative estimate of drug-likeness (QED) is 0.682. The summed E-state index contributed by atoms with van der Waals surface area (Å²) in [4.78, 5) is 33.6. The Labute approximate surface area is 180 Å². The third kappa shape index (κ3) is 4.32. The number of para-hydroxylation sites is 3. The molecule has 1 atom stereocenters. The second kappa shape index (κ2) is 8.85. The second-order valence-corrected chi connectivity index (χ2v) is 7.85. The smallest absolute Gasteiger partial charge is 0.245 e. The summed E-state index contributed by atoms with van der Waals surface area (Å²) in [6.07, 6.45) is 1.72. The average Bonchev–Trinajstić information content (AvgIpc) is 3.19. The number of carbonyl (C=O) groups excluding carboxylic acids is 2. The number of anilines is 1. The van der Waals surface area contributed by atoms with Gasteiger partial charge in [0.05, 0.1) is 34.6 Å². The molecule has 1 fully saturated rings. The monoisotopic (exact) mass is 425 g/mol. The van der Waals surface area contributed by atoms with Crippen LogP contribution in [0.25, 0.3) is 11.0 Å². The number of nitrogens with zero attached hydrogens (tertiary/aromatic N) is 4. The molecule has 2 amide bonds. The van der Waals surface area contributed by atoms with Crippen LogP contribution < -0.4 is 5.32 Å². The van der Waals surface area contributed by atoms with Crippen molar-refractivity contribution in [3.63, 3.8) is 0 Å². The molecule has 8 heteroatoms. The summed E-state index contributed by atoms with van der Waals surface area (Å²) in [7, 11) is 0. The Kier molecular flexibility index (Phi) is 6.01. The summed E-state index contributed by atoms with van der Waals surface area (Å²) in [6.45, 7) is 4.66. The largest absolute Gasteiger partial charge is 0.338 e. The average molecular weight is 426 g/mol. The van der Waals surface area contributed by atoms with Crippen molar-refractivity contribution < 1.29 is 9.59 Å². The molecular formula is C22H24ClN5O2. The Morgan fingerprint density at radius 2 is 1.77 bits per heavy atom. The van der Waals surface area contributed by atoms with Crippen LogP contribution >= 0.6 is 11.6 Å². The minimum atomic E-state index is -0.326. The number of piperazine rings is 1. The zero-order chi connectivity index (χ0) is 21.1. The van der Waals surface area contributed by atoms with E-state index in [0.29, 0.717) is 36.9 Å². The fourth-order valence-corrected chi connectivity index (χ4v) is 3.93. The predicted octanol–water partition coefficient (Wildman–Crippen LogP) is 3.03. The minimum Gasteiger partial charge on any atom is -0.338 e. The second-order valence-electron chi connectivity index (χ2n) is 7.45. The molecule has 0 aliphatic carbocycles. The number of fused-ring (bicyclic) bond motifs is 1. The summed E-state index contributed by atoms with van der Waals surface area (Å²) in [6, 6.07) is 14.6. The molecule has 2 heterocycles. The highest BCUT2D eigenvalue weighted by molar-refractivity contribution is 6.33. The summed E-state index contributed by atoms with van der Waals surface area (Å²) >= 11 is 6.09. The lowest BCUT2D eigenvalue weighted by atomic mass is 10.2. The fraction of sp³-hybridized carbons (Fsp3) is 0.318. The molecule has 1 aliphatic heterocycles. The lowest BCUT2D eigenvalue weighted by molar-refractivity contribution is -0.136. The van der Waals surface area contributed by atoms with E-state index in [1.165, 1.54) is 0 Å². The van der Waals surface area contributed by atoms with Crippen molar-refractivity contribution in [2.45, 2.75) is 13.0 Å². The van der Waals surface area contributed by atoms with E-state index in [-0.39, 0.29) is 24.4 Å². The van der Waals surface area contributed by atoms with Crippen molar-refractivity contribution >= 4 is 40.1 Å². The number of rotatable bonds is 5. The van der Waals surface area contributed by atoms with Gasteiger partial charge in [0.15, 0.2) is 0 Å². The van der Waals surface area contributed by atoms with Crippen molar-refractivity contribution in [2.75, 3.05) is 38.0 Å². The van der Waals surface area contributed by atoms with E-state index in [4.69, 9.17) is 11.6 Å². The Morgan fingerprint density at radius 1 is 1.07 bits per heavy atom. The zero-order valence-corrected chi connectivity index (χ0v) is 17.5. The van der Waals surface area contributed by atoms with Crippen LogP contribution in [0.3, 0.4) is 0 Å². The van der Waals surface area contributed by atoms with Crippen LogP contribution in [0, 0.1) is 0 Å². The van der Waals surface area contributed by atoms with Gasteiger partial charge in [0.1, 0.15) is 6.04 Å². The zero-order valence-electron chi connectivity index (χ0n) is 16.8. The van der Waals surface area contributed by atoms with E-state index in [0.717, 1.165) is 11.0 Å². The van der Waals surface area contributed by atoms with Gasteiger partial charge in [-0.05, 0) is 31.2 Å². The van der Waals surface area contributed by atoms with E-state index in [1.807, 2.05) is 57.7 Å². The van der Waals surface area contributed by atoms with Gasteiger partial charge in [-0.3, -0.25) is 14.5 Å². The Morgan fingerprint density at radius 3 is 2.53 bits per heavy atom. The lowest BCUT2D eigenvalue weighted by Gasteiger charge is -2.35. The summed E-state index contributed by atoms with van der Waals surface area (Å²) in [5.74, 6) is -0.0422. The maximum Gasteiger partial charge on any atom is 0.245 e. The van der Waals surface area contributed by atoms with Crippen molar-refractivity contribution in [3.05, 3.63) is 59.9 Å². The predicted molar refractivity (Wildman–Crippen MR) is 118 cm³/mol. The van der Waals surface area contributed by atoms with Gasteiger partial charge in [-0.15, -0.1) is 0 Å². The highest BCUT2D eigenvalue weighted by atomic mass is 35.5. The molecule has 0 spiro atoms. The molecule has 1 aromatic heterocycles. The number of carbonyl (C=O) groups is 2. The van der Waals surface area contributed by atoms with Crippen LogP contribution in [0.5, 0.6) is 0 Å². The first-order chi connectivity index (χ1) is 14.5. The lowest BCUT2D eigenvalue weighted by Crippen LogP contribution is -2.51. The number of hydrogen-bond acceptors (Lipinski definition) is 4. The van der Waals surface area contributed by atoms with E-state index >= 15 is 0 Å². The number of aromatic nitrogens is 2. The molecule has 3 aromatic rings. The van der Waals surface area contributed by atoms with Crippen LogP contribution in [0.1, 0.15) is 13.0 Å². The summed E-state index contributed by atoms with van der Waals surface area (Å²) < 4.78 is 1.92. The molecule has 1 aliphatic rings. The number of amides is 2. The fourth-order valence-electron chi connectivity index (χ4n) is 3.75. The van der Waals surface area contributed by atoms with Crippen LogP contribution in [0.2, 0.25) is 5.02 Å². The molecule has 0 radical (unpaired) electrons. The summed E-state index contributed by atoms with van der Waals surface area (Å²) in [5, 5.41) is 3.36. The molecule has 1 unspecified atom stereocenters. The van der Waals surface area contributed by atoms with Crippen LogP contribution in [0.15, 0.2) is 54.9 Å². The number of hydrogen-bond donors (Lipinski definition) is 1. The maximum atomic E-state index is 13.0. The molecule has 1 saturated heterocycles. The van der Waals surface area contributed by atoms with Gasteiger partial charge in [0, 0.05) is 26.2 Å². The van der Waals surface area contributed by atoms with Gasteiger partial charge in [0.2, 0.25) is 11.8 Å². The van der Waals surface area contributed by atoms with Gasteiger partial charge in [0.25, 0.3) is 0 Å². The van der Waals surface area contributed by atoms with E-state index in [9.17, 15) is 9.59 Å². The first-order valence-electron chi connectivity index (χ1n) is 10.00. The van der Waals surface area contributed by atoms with Gasteiger partial charge in [-0.1, -0.05) is 35.9 Å². The molecular weight excluding hydrogens is 402 g/mol. The van der Waals surface area contributed by atoms with Gasteiger partial charge < -0.3 is 14.8 Å².